The molecule has 1 fully saturated rings. The lowest BCUT2D eigenvalue weighted by Crippen LogP contribution is -2.45. The number of nitrogens with zero attached hydrogens (tertiary/aromatic N) is 1. The highest BCUT2D eigenvalue weighted by atomic mass is 79.9. The number of ketones is 1. The summed E-state index contributed by atoms with van der Waals surface area (Å²) in [5.74, 6) is 0.235. The molecule has 0 radical (unpaired) electrons. The molecule has 1 atom stereocenters. The first-order valence-corrected chi connectivity index (χ1v) is 8.10. The van der Waals surface area contributed by atoms with Gasteiger partial charge in [0.25, 0.3) is 0 Å². The van der Waals surface area contributed by atoms with Crippen molar-refractivity contribution in [3.8, 4) is 0 Å². The highest BCUT2D eigenvalue weighted by Crippen LogP contribution is 2.14. The minimum Gasteiger partial charge on any atom is -0.378 e. The van der Waals surface area contributed by atoms with Gasteiger partial charge < -0.3 is 4.74 Å². The average molecular weight is 340 g/mol. The van der Waals surface area contributed by atoms with E-state index in [1.807, 2.05) is 24.3 Å². The number of carbonyl (C=O) groups is 1. The molecule has 0 N–H and O–H groups in total. The molecule has 110 valence electrons. The second-order valence-electron chi connectivity index (χ2n) is 5.21. The first-order chi connectivity index (χ1) is 9.70. The third-order valence-corrected chi connectivity index (χ3v) is 4.36. The van der Waals surface area contributed by atoms with Crippen LogP contribution in [0.2, 0.25) is 0 Å². The van der Waals surface area contributed by atoms with Crippen molar-refractivity contribution < 1.29 is 9.53 Å². The predicted octanol–water partition coefficient (Wildman–Crippen LogP) is 3.52. The van der Waals surface area contributed by atoms with Gasteiger partial charge in [0.1, 0.15) is 0 Å². The molecule has 0 aliphatic carbocycles. The fourth-order valence-corrected chi connectivity index (χ4v) is 2.85. The molecule has 3 nitrogen and oxygen atoms in total. The lowest BCUT2D eigenvalue weighted by Gasteiger charge is -2.34. The SMILES string of the molecule is CCC1COCCN1CCCC(=O)c1ccc(Br)cc1. The second-order valence-corrected chi connectivity index (χ2v) is 6.12. The van der Waals surface area contributed by atoms with Gasteiger partial charge in [-0.1, -0.05) is 35.0 Å². The van der Waals surface area contributed by atoms with E-state index in [1.54, 1.807) is 0 Å². The summed E-state index contributed by atoms with van der Waals surface area (Å²) in [4.78, 5) is 14.5. The van der Waals surface area contributed by atoms with Crippen LogP contribution in [-0.2, 0) is 4.74 Å². The number of hydrogen-bond donors (Lipinski definition) is 0. The Hall–Kier alpha value is -0.710. The molecular weight excluding hydrogens is 318 g/mol. The lowest BCUT2D eigenvalue weighted by molar-refractivity contribution is -0.00896. The highest BCUT2D eigenvalue weighted by Gasteiger charge is 2.20. The first-order valence-electron chi connectivity index (χ1n) is 7.31. The molecule has 2 rings (SSSR count). The molecule has 1 aliphatic rings. The van der Waals surface area contributed by atoms with E-state index in [0.717, 1.165) is 49.2 Å². The van der Waals surface area contributed by atoms with Crippen LogP contribution >= 0.6 is 15.9 Å². The maximum absolute atomic E-state index is 12.1. The zero-order chi connectivity index (χ0) is 14.4. The normalized spacial score (nSPS) is 20.0. The van der Waals surface area contributed by atoms with Crippen molar-refractivity contribution in [1.29, 1.82) is 0 Å². The third-order valence-electron chi connectivity index (χ3n) is 3.84. The van der Waals surface area contributed by atoms with Crippen LogP contribution in [0.1, 0.15) is 36.5 Å². The van der Waals surface area contributed by atoms with Crippen molar-refractivity contribution in [2.45, 2.75) is 32.2 Å². The van der Waals surface area contributed by atoms with Gasteiger partial charge in [-0.05, 0) is 31.5 Å². The molecule has 4 heteroatoms. The molecule has 1 saturated heterocycles. The van der Waals surface area contributed by atoms with Gasteiger partial charge in [0, 0.05) is 29.0 Å². The zero-order valence-corrected chi connectivity index (χ0v) is 13.6. The van der Waals surface area contributed by atoms with Crippen LogP contribution in [0.5, 0.6) is 0 Å². The third kappa shape index (κ3) is 4.40. The number of rotatable bonds is 6. The number of morpholine rings is 1. The Morgan fingerprint density at radius 1 is 1.40 bits per heavy atom. The standard InChI is InChI=1S/C16H22BrNO2/c1-2-15-12-20-11-10-18(15)9-3-4-16(19)13-5-7-14(17)8-6-13/h5-8,15H,2-4,9-12H2,1H3. The van der Waals surface area contributed by atoms with E-state index in [4.69, 9.17) is 4.74 Å². The van der Waals surface area contributed by atoms with E-state index in [2.05, 4.69) is 27.8 Å². The van der Waals surface area contributed by atoms with E-state index in [9.17, 15) is 4.79 Å². The van der Waals surface area contributed by atoms with Crippen molar-refractivity contribution >= 4 is 21.7 Å². The molecular formula is C16H22BrNO2. The van der Waals surface area contributed by atoms with Gasteiger partial charge in [-0.25, -0.2) is 0 Å². The van der Waals surface area contributed by atoms with E-state index < -0.39 is 0 Å². The van der Waals surface area contributed by atoms with E-state index >= 15 is 0 Å². The summed E-state index contributed by atoms with van der Waals surface area (Å²) in [5.41, 5.74) is 0.808. The van der Waals surface area contributed by atoms with Gasteiger partial charge in [-0.15, -0.1) is 0 Å². The minimum absolute atomic E-state index is 0.235. The van der Waals surface area contributed by atoms with Crippen molar-refractivity contribution in [1.82, 2.24) is 4.90 Å². The average Bonchev–Trinajstić information content (AvgIpc) is 2.48. The van der Waals surface area contributed by atoms with Crippen LogP contribution in [0, 0.1) is 0 Å². The Morgan fingerprint density at radius 3 is 2.85 bits per heavy atom. The molecule has 0 spiro atoms. The number of halogens is 1. The van der Waals surface area contributed by atoms with E-state index in [1.165, 1.54) is 0 Å². The second kappa shape index (κ2) is 7.91. The molecule has 0 amide bonds. The van der Waals surface area contributed by atoms with Crippen LogP contribution < -0.4 is 0 Å². The monoisotopic (exact) mass is 339 g/mol. The summed E-state index contributed by atoms with van der Waals surface area (Å²) in [7, 11) is 0. The van der Waals surface area contributed by atoms with Gasteiger partial charge in [0.15, 0.2) is 5.78 Å². The Balaban J connectivity index is 1.77. The molecule has 1 aliphatic heterocycles. The highest BCUT2D eigenvalue weighted by molar-refractivity contribution is 9.10. The maximum atomic E-state index is 12.1. The van der Waals surface area contributed by atoms with Crippen molar-refractivity contribution in [3.05, 3.63) is 34.3 Å². The fourth-order valence-electron chi connectivity index (χ4n) is 2.58. The van der Waals surface area contributed by atoms with Gasteiger partial charge in [-0.2, -0.15) is 0 Å². The summed E-state index contributed by atoms with van der Waals surface area (Å²) in [6.45, 7) is 5.82. The van der Waals surface area contributed by atoms with E-state index in [-0.39, 0.29) is 5.78 Å². The van der Waals surface area contributed by atoms with E-state index in [0.29, 0.717) is 12.5 Å². The van der Waals surface area contributed by atoms with Crippen LogP contribution in [0.4, 0.5) is 0 Å². The smallest absolute Gasteiger partial charge is 0.162 e. The maximum Gasteiger partial charge on any atom is 0.162 e. The molecule has 1 aromatic carbocycles. The molecule has 0 bridgehead atoms. The summed E-state index contributed by atoms with van der Waals surface area (Å²) >= 11 is 3.38. The molecule has 1 heterocycles. The fraction of sp³-hybridized carbons (Fsp3) is 0.562. The van der Waals surface area contributed by atoms with Gasteiger partial charge in [-0.3, -0.25) is 9.69 Å². The van der Waals surface area contributed by atoms with Crippen LogP contribution in [0.3, 0.4) is 0 Å². The minimum atomic E-state index is 0.235. The van der Waals surface area contributed by atoms with Gasteiger partial charge >= 0.3 is 0 Å². The number of hydrogen-bond acceptors (Lipinski definition) is 3. The summed E-state index contributed by atoms with van der Waals surface area (Å²) in [6, 6.07) is 8.13. The molecule has 0 saturated carbocycles. The molecule has 20 heavy (non-hydrogen) atoms. The Morgan fingerprint density at radius 2 is 2.15 bits per heavy atom. The van der Waals surface area contributed by atoms with Crippen LogP contribution in [0.15, 0.2) is 28.7 Å². The topological polar surface area (TPSA) is 29.5 Å². The Labute approximate surface area is 129 Å². The number of ether oxygens (including phenoxy) is 1. The van der Waals surface area contributed by atoms with Crippen LogP contribution in [-0.4, -0.2) is 43.0 Å². The Kier molecular flexibility index (Phi) is 6.20. The van der Waals surface area contributed by atoms with Gasteiger partial charge in [0.2, 0.25) is 0 Å². The zero-order valence-electron chi connectivity index (χ0n) is 12.0. The number of carbonyl (C=O) groups excluding carboxylic acids is 1. The van der Waals surface area contributed by atoms with Crippen LogP contribution in [0.25, 0.3) is 0 Å². The Bertz CT molecular complexity index is 433. The number of Topliss-reactive ketones (excluding diaryl/α,β-unsaturated/α-hetero) is 1. The summed E-state index contributed by atoms with van der Waals surface area (Å²) < 4.78 is 6.51. The van der Waals surface area contributed by atoms with Crippen molar-refractivity contribution in [2.24, 2.45) is 0 Å². The molecule has 1 unspecified atom stereocenters. The van der Waals surface area contributed by atoms with Crippen molar-refractivity contribution in [3.63, 3.8) is 0 Å². The predicted molar refractivity (Wildman–Crippen MR) is 84.2 cm³/mol. The van der Waals surface area contributed by atoms with Gasteiger partial charge in [0.05, 0.1) is 13.2 Å². The number of benzene rings is 1. The molecule has 1 aromatic rings. The summed E-state index contributed by atoms with van der Waals surface area (Å²) in [6.07, 6.45) is 2.65. The van der Waals surface area contributed by atoms with Crippen molar-refractivity contribution in [2.75, 3.05) is 26.3 Å². The molecule has 0 aromatic heterocycles. The largest absolute Gasteiger partial charge is 0.378 e. The lowest BCUT2D eigenvalue weighted by atomic mass is 10.1. The first kappa shape index (κ1) is 15.7. The quantitative estimate of drug-likeness (QED) is 0.742. The summed E-state index contributed by atoms with van der Waals surface area (Å²) in [5, 5.41) is 0.